The lowest BCUT2D eigenvalue weighted by Gasteiger charge is -2.21. The van der Waals surface area contributed by atoms with Gasteiger partial charge in [-0.3, -0.25) is 4.79 Å². The van der Waals surface area contributed by atoms with Crippen LogP contribution in [0.4, 0.5) is 4.79 Å². The molecule has 0 radical (unpaired) electrons. The van der Waals surface area contributed by atoms with E-state index in [0.717, 1.165) is 0 Å². The van der Waals surface area contributed by atoms with Gasteiger partial charge in [0.15, 0.2) is 11.5 Å². The number of hydrogen-bond donors (Lipinski definition) is 2. The number of amides is 2. The molecule has 146 valence electrons. The first kappa shape index (κ1) is 20.1. The van der Waals surface area contributed by atoms with Gasteiger partial charge in [-0.25, -0.2) is 9.59 Å². The van der Waals surface area contributed by atoms with Crippen LogP contribution in [0.25, 0.3) is 0 Å². The van der Waals surface area contributed by atoms with Gasteiger partial charge in [-0.1, -0.05) is 6.07 Å². The summed E-state index contributed by atoms with van der Waals surface area (Å²) < 4.78 is 20.5. The van der Waals surface area contributed by atoms with Crippen LogP contribution in [0.2, 0.25) is 0 Å². The van der Waals surface area contributed by atoms with Crippen molar-refractivity contribution in [2.24, 2.45) is 0 Å². The van der Waals surface area contributed by atoms with Crippen LogP contribution in [-0.2, 0) is 25.5 Å². The van der Waals surface area contributed by atoms with Gasteiger partial charge in [0.1, 0.15) is 6.61 Å². The largest absolute Gasteiger partial charge is 0.493 e. The molecule has 0 fully saturated rings. The molecule has 0 aromatic heterocycles. The Labute approximate surface area is 156 Å². The Kier molecular flexibility index (Phi) is 7.04. The quantitative estimate of drug-likeness (QED) is 0.647. The second-order valence-electron chi connectivity index (χ2n) is 5.51. The van der Waals surface area contributed by atoms with Crippen LogP contribution in [0.1, 0.15) is 12.5 Å². The lowest BCUT2D eigenvalue weighted by Crippen LogP contribution is -2.45. The highest BCUT2D eigenvalue weighted by Gasteiger charge is 2.24. The summed E-state index contributed by atoms with van der Waals surface area (Å²) in [5.74, 6) is -0.0429. The summed E-state index contributed by atoms with van der Waals surface area (Å²) >= 11 is 0. The van der Waals surface area contributed by atoms with Gasteiger partial charge in [0, 0.05) is 0 Å². The van der Waals surface area contributed by atoms with Crippen molar-refractivity contribution in [1.82, 2.24) is 10.6 Å². The number of rotatable bonds is 8. The van der Waals surface area contributed by atoms with Crippen molar-refractivity contribution >= 4 is 18.0 Å². The summed E-state index contributed by atoms with van der Waals surface area (Å²) in [6.45, 7) is 1.64. The molecule has 0 saturated heterocycles. The molecule has 0 spiro atoms. The second-order valence-corrected chi connectivity index (χ2v) is 5.51. The molecule has 2 rings (SSSR count). The first-order valence-electron chi connectivity index (χ1n) is 8.29. The third kappa shape index (κ3) is 5.37. The highest BCUT2D eigenvalue weighted by atomic mass is 16.5. The fourth-order valence-corrected chi connectivity index (χ4v) is 2.43. The van der Waals surface area contributed by atoms with E-state index in [1.807, 2.05) is 0 Å². The van der Waals surface area contributed by atoms with Gasteiger partial charge in [0.05, 0.1) is 45.1 Å². The first-order valence-corrected chi connectivity index (χ1v) is 8.29. The minimum Gasteiger partial charge on any atom is -0.493 e. The molecule has 27 heavy (non-hydrogen) atoms. The van der Waals surface area contributed by atoms with Crippen molar-refractivity contribution in [3.8, 4) is 11.5 Å². The average Bonchev–Trinajstić information content (AvgIpc) is 2.66. The standard InChI is InChI=1S/C18H22N2O7/c1-4-26-17(22)12-9-19-18(23)20-13(12)10-27-16(21)8-11-5-6-14(24-2)15(7-11)25-3/h5-7H,4,8-10H2,1-3H3,(H2,19,20,23). The van der Waals surface area contributed by atoms with E-state index >= 15 is 0 Å². The number of benzene rings is 1. The average molecular weight is 378 g/mol. The maximum absolute atomic E-state index is 12.1. The summed E-state index contributed by atoms with van der Waals surface area (Å²) in [7, 11) is 3.02. The Morgan fingerprint density at radius 1 is 1.11 bits per heavy atom. The molecule has 0 atom stereocenters. The summed E-state index contributed by atoms with van der Waals surface area (Å²) in [4.78, 5) is 35.6. The molecule has 1 heterocycles. The number of esters is 2. The van der Waals surface area contributed by atoms with Crippen molar-refractivity contribution in [3.05, 3.63) is 35.0 Å². The van der Waals surface area contributed by atoms with Crippen molar-refractivity contribution in [2.75, 3.05) is 34.0 Å². The van der Waals surface area contributed by atoms with E-state index in [1.165, 1.54) is 14.2 Å². The van der Waals surface area contributed by atoms with E-state index in [2.05, 4.69) is 10.6 Å². The molecule has 1 aromatic carbocycles. The van der Waals surface area contributed by atoms with Gasteiger partial charge < -0.3 is 29.6 Å². The molecule has 2 amide bonds. The first-order chi connectivity index (χ1) is 13.0. The zero-order valence-corrected chi connectivity index (χ0v) is 15.4. The molecule has 0 bridgehead atoms. The Morgan fingerprint density at radius 2 is 1.85 bits per heavy atom. The zero-order chi connectivity index (χ0) is 19.8. The number of nitrogens with one attached hydrogen (secondary N) is 2. The van der Waals surface area contributed by atoms with E-state index in [4.69, 9.17) is 18.9 Å². The second kappa shape index (κ2) is 9.46. The van der Waals surface area contributed by atoms with Crippen LogP contribution in [0.15, 0.2) is 29.5 Å². The van der Waals surface area contributed by atoms with E-state index in [-0.39, 0.29) is 37.4 Å². The molecule has 1 aliphatic rings. The summed E-state index contributed by atoms with van der Waals surface area (Å²) in [5, 5.41) is 4.95. The van der Waals surface area contributed by atoms with Crippen LogP contribution in [-0.4, -0.2) is 51.9 Å². The molecular formula is C18H22N2O7. The van der Waals surface area contributed by atoms with Crippen LogP contribution < -0.4 is 20.1 Å². The number of hydrogen-bond acceptors (Lipinski definition) is 7. The number of carbonyl (C=O) groups is 3. The van der Waals surface area contributed by atoms with Crippen molar-refractivity contribution in [2.45, 2.75) is 13.3 Å². The highest BCUT2D eigenvalue weighted by molar-refractivity contribution is 5.93. The van der Waals surface area contributed by atoms with Crippen LogP contribution in [0.5, 0.6) is 11.5 Å². The van der Waals surface area contributed by atoms with Gasteiger partial charge in [-0.15, -0.1) is 0 Å². The summed E-state index contributed by atoms with van der Waals surface area (Å²) in [6, 6.07) is 4.61. The number of urea groups is 1. The van der Waals surface area contributed by atoms with E-state index in [0.29, 0.717) is 17.1 Å². The van der Waals surface area contributed by atoms with Gasteiger partial charge in [-0.2, -0.15) is 0 Å². The minimum atomic E-state index is -0.573. The number of ether oxygens (including phenoxy) is 4. The van der Waals surface area contributed by atoms with Crippen LogP contribution in [0.3, 0.4) is 0 Å². The van der Waals surface area contributed by atoms with Gasteiger partial charge in [0.2, 0.25) is 0 Å². The lowest BCUT2D eigenvalue weighted by atomic mass is 10.1. The maximum atomic E-state index is 12.1. The molecule has 0 aliphatic carbocycles. The fraction of sp³-hybridized carbons (Fsp3) is 0.389. The zero-order valence-electron chi connectivity index (χ0n) is 15.4. The van der Waals surface area contributed by atoms with E-state index in [9.17, 15) is 14.4 Å². The Hall–Kier alpha value is -3.23. The van der Waals surface area contributed by atoms with Crippen LogP contribution in [0, 0.1) is 0 Å². The smallest absolute Gasteiger partial charge is 0.337 e. The Bertz CT molecular complexity index is 758. The van der Waals surface area contributed by atoms with Crippen molar-refractivity contribution in [1.29, 1.82) is 0 Å². The van der Waals surface area contributed by atoms with Crippen molar-refractivity contribution in [3.63, 3.8) is 0 Å². The fourth-order valence-electron chi connectivity index (χ4n) is 2.43. The lowest BCUT2D eigenvalue weighted by molar-refractivity contribution is -0.143. The molecule has 9 nitrogen and oxygen atoms in total. The number of carbonyl (C=O) groups excluding carboxylic acids is 3. The normalized spacial score (nSPS) is 13.4. The maximum Gasteiger partial charge on any atom is 0.337 e. The third-order valence-electron chi connectivity index (χ3n) is 3.75. The van der Waals surface area contributed by atoms with Crippen LogP contribution >= 0.6 is 0 Å². The molecule has 1 aliphatic heterocycles. The monoisotopic (exact) mass is 378 g/mol. The predicted molar refractivity (Wildman–Crippen MR) is 94.4 cm³/mol. The highest BCUT2D eigenvalue weighted by Crippen LogP contribution is 2.27. The van der Waals surface area contributed by atoms with E-state index in [1.54, 1.807) is 25.1 Å². The predicted octanol–water partition coefficient (Wildman–Crippen LogP) is 0.919. The Morgan fingerprint density at radius 3 is 2.52 bits per heavy atom. The topological polar surface area (TPSA) is 112 Å². The molecule has 0 saturated carbocycles. The van der Waals surface area contributed by atoms with Gasteiger partial charge >= 0.3 is 18.0 Å². The Balaban J connectivity index is 2.02. The molecular weight excluding hydrogens is 356 g/mol. The van der Waals surface area contributed by atoms with Crippen molar-refractivity contribution < 1.29 is 33.3 Å². The molecule has 9 heteroatoms. The minimum absolute atomic E-state index is 0.00539. The third-order valence-corrected chi connectivity index (χ3v) is 3.75. The molecule has 2 N–H and O–H groups in total. The summed E-state index contributed by atoms with van der Waals surface area (Å²) in [5.41, 5.74) is 1.10. The SMILES string of the molecule is CCOC(=O)C1=C(COC(=O)Cc2ccc(OC)c(OC)c2)NC(=O)NC1. The van der Waals surface area contributed by atoms with E-state index < -0.39 is 18.0 Å². The van der Waals surface area contributed by atoms with Gasteiger partial charge in [0.25, 0.3) is 0 Å². The molecule has 1 aromatic rings. The summed E-state index contributed by atoms with van der Waals surface area (Å²) in [6.07, 6.45) is -0.00539. The van der Waals surface area contributed by atoms with Gasteiger partial charge in [-0.05, 0) is 24.6 Å². The number of methoxy groups -OCH3 is 2. The molecule has 0 unspecified atom stereocenters.